The summed E-state index contributed by atoms with van der Waals surface area (Å²) in [5, 5.41) is 0. The number of halogens is 1. The molecule has 2 aromatic carbocycles. The Morgan fingerprint density at radius 3 is 2.83 bits per heavy atom. The van der Waals surface area contributed by atoms with Gasteiger partial charge in [-0.2, -0.15) is 0 Å². The summed E-state index contributed by atoms with van der Waals surface area (Å²) in [5.41, 5.74) is 2.84. The van der Waals surface area contributed by atoms with Gasteiger partial charge in [0.2, 0.25) is 0 Å². The van der Waals surface area contributed by atoms with Crippen LogP contribution in [0.1, 0.15) is 29.8 Å². The van der Waals surface area contributed by atoms with Crippen LogP contribution in [-0.2, 0) is 6.42 Å². The maximum absolute atomic E-state index is 13.1. The van der Waals surface area contributed by atoms with Crippen molar-refractivity contribution in [1.29, 1.82) is 0 Å². The molecule has 0 N–H and O–H groups in total. The smallest absolute Gasteiger partial charge is 0.262 e. The van der Waals surface area contributed by atoms with Crippen molar-refractivity contribution in [1.82, 2.24) is 0 Å². The van der Waals surface area contributed by atoms with Crippen molar-refractivity contribution in [3.63, 3.8) is 0 Å². The normalized spacial score (nSPS) is 13.3. The van der Waals surface area contributed by atoms with Crippen molar-refractivity contribution < 1.29 is 9.53 Å². The first-order chi connectivity index (χ1) is 11.1. The van der Waals surface area contributed by atoms with E-state index in [1.54, 1.807) is 0 Å². The van der Waals surface area contributed by atoms with Crippen LogP contribution >= 0.6 is 15.9 Å². The van der Waals surface area contributed by atoms with Gasteiger partial charge in [-0.15, -0.1) is 0 Å². The Kier molecular flexibility index (Phi) is 4.71. The fraction of sp³-hybridized carbons (Fsp3) is 0.316. The Hall–Kier alpha value is -1.81. The molecule has 2 aromatic rings. The third kappa shape index (κ3) is 3.42. The SMILES string of the molecule is CC(C)COc1ccc(Br)cc1C(=O)N1CCc2ccccc21. The van der Waals surface area contributed by atoms with Crippen LogP contribution in [0.25, 0.3) is 0 Å². The molecule has 0 radical (unpaired) electrons. The highest BCUT2D eigenvalue weighted by Gasteiger charge is 2.27. The van der Waals surface area contributed by atoms with Crippen molar-refractivity contribution in [2.75, 3.05) is 18.1 Å². The lowest BCUT2D eigenvalue weighted by Crippen LogP contribution is -2.29. The molecule has 0 saturated heterocycles. The fourth-order valence-corrected chi connectivity index (χ4v) is 3.11. The van der Waals surface area contributed by atoms with E-state index in [0.29, 0.717) is 30.4 Å². The molecule has 3 rings (SSSR count). The van der Waals surface area contributed by atoms with Crippen LogP contribution in [0.2, 0.25) is 0 Å². The highest BCUT2D eigenvalue weighted by Crippen LogP contribution is 2.32. The Balaban J connectivity index is 1.92. The third-order valence-corrected chi connectivity index (χ3v) is 4.37. The third-order valence-electron chi connectivity index (χ3n) is 3.88. The van der Waals surface area contributed by atoms with Crippen molar-refractivity contribution in [3.8, 4) is 5.75 Å². The maximum atomic E-state index is 13.1. The zero-order chi connectivity index (χ0) is 16.4. The van der Waals surface area contributed by atoms with E-state index in [2.05, 4.69) is 35.8 Å². The van der Waals surface area contributed by atoms with Crippen LogP contribution in [0.15, 0.2) is 46.9 Å². The van der Waals surface area contributed by atoms with Crippen LogP contribution < -0.4 is 9.64 Å². The van der Waals surface area contributed by atoms with Gasteiger partial charge in [0.1, 0.15) is 5.75 Å². The monoisotopic (exact) mass is 373 g/mol. The molecular formula is C19H20BrNO2. The number of para-hydroxylation sites is 1. The molecule has 0 unspecified atom stereocenters. The molecule has 23 heavy (non-hydrogen) atoms. The van der Waals surface area contributed by atoms with Gasteiger partial charge in [-0.05, 0) is 42.2 Å². The molecule has 4 heteroatoms. The summed E-state index contributed by atoms with van der Waals surface area (Å²) in [5.74, 6) is 1.06. The zero-order valence-corrected chi connectivity index (χ0v) is 15.0. The molecule has 0 saturated carbocycles. The van der Waals surface area contributed by atoms with Gasteiger partial charge in [0.05, 0.1) is 12.2 Å². The highest BCUT2D eigenvalue weighted by molar-refractivity contribution is 9.10. The largest absolute Gasteiger partial charge is 0.492 e. The quantitative estimate of drug-likeness (QED) is 0.777. The number of benzene rings is 2. The van der Waals surface area contributed by atoms with Crippen LogP contribution in [0.5, 0.6) is 5.75 Å². The number of hydrogen-bond acceptors (Lipinski definition) is 2. The van der Waals surface area contributed by atoms with Crippen LogP contribution in [0.3, 0.4) is 0 Å². The number of fused-ring (bicyclic) bond motifs is 1. The van der Waals surface area contributed by atoms with Crippen LogP contribution in [0.4, 0.5) is 5.69 Å². The number of hydrogen-bond donors (Lipinski definition) is 0. The standard InChI is InChI=1S/C19H20BrNO2/c1-13(2)12-23-18-8-7-15(20)11-16(18)19(22)21-10-9-14-5-3-4-6-17(14)21/h3-8,11,13H,9-10,12H2,1-2H3. The molecule has 0 aromatic heterocycles. The summed E-state index contributed by atoms with van der Waals surface area (Å²) < 4.78 is 6.73. The number of carbonyl (C=O) groups is 1. The molecule has 0 atom stereocenters. The lowest BCUT2D eigenvalue weighted by Gasteiger charge is -2.20. The first-order valence-corrected chi connectivity index (χ1v) is 8.67. The highest BCUT2D eigenvalue weighted by atomic mass is 79.9. The van der Waals surface area contributed by atoms with Gasteiger partial charge in [-0.3, -0.25) is 4.79 Å². The summed E-state index contributed by atoms with van der Waals surface area (Å²) >= 11 is 3.46. The zero-order valence-electron chi connectivity index (χ0n) is 13.4. The van der Waals surface area contributed by atoms with Crippen molar-refractivity contribution >= 4 is 27.5 Å². The van der Waals surface area contributed by atoms with E-state index in [4.69, 9.17) is 4.74 Å². The summed E-state index contributed by atoms with van der Waals surface area (Å²) in [6, 6.07) is 13.7. The molecular weight excluding hydrogens is 354 g/mol. The molecule has 3 nitrogen and oxygen atoms in total. The first-order valence-electron chi connectivity index (χ1n) is 7.88. The molecule has 0 spiro atoms. The minimum atomic E-state index is -0.00462. The second kappa shape index (κ2) is 6.75. The molecule has 0 aliphatic carbocycles. The molecule has 1 heterocycles. The second-order valence-electron chi connectivity index (χ2n) is 6.18. The first kappa shape index (κ1) is 16.1. The lowest BCUT2D eigenvalue weighted by atomic mass is 10.1. The van der Waals surface area contributed by atoms with Gasteiger partial charge in [0, 0.05) is 16.7 Å². The van der Waals surface area contributed by atoms with E-state index in [1.165, 1.54) is 5.56 Å². The number of ether oxygens (including phenoxy) is 1. The van der Waals surface area contributed by atoms with E-state index in [1.807, 2.05) is 41.3 Å². The predicted octanol–water partition coefficient (Wildman–Crippen LogP) is 4.69. The van der Waals surface area contributed by atoms with Gasteiger partial charge in [0.25, 0.3) is 5.91 Å². The Morgan fingerprint density at radius 2 is 2.04 bits per heavy atom. The van der Waals surface area contributed by atoms with Gasteiger partial charge in [-0.1, -0.05) is 48.0 Å². The van der Waals surface area contributed by atoms with Crippen molar-refractivity contribution in [2.45, 2.75) is 20.3 Å². The van der Waals surface area contributed by atoms with Crippen molar-refractivity contribution in [2.24, 2.45) is 5.92 Å². The molecule has 0 bridgehead atoms. The fourth-order valence-electron chi connectivity index (χ4n) is 2.75. The Morgan fingerprint density at radius 1 is 1.26 bits per heavy atom. The second-order valence-corrected chi connectivity index (χ2v) is 7.10. The van der Waals surface area contributed by atoms with Gasteiger partial charge >= 0.3 is 0 Å². The molecule has 0 fully saturated rings. The molecule has 120 valence electrons. The van der Waals surface area contributed by atoms with Crippen molar-refractivity contribution in [3.05, 3.63) is 58.1 Å². The van der Waals surface area contributed by atoms with E-state index < -0.39 is 0 Å². The predicted molar refractivity (Wildman–Crippen MR) is 96.3 cm³/mol. The average Bonchev–Trinajstić information content (AvgIpc) is 2.97. The van der Waals surface area contributed by atoms with Crippen LogP contribution in [0, 0.1) is 5.92 Å². The number of carbonyl (C=O) groups excluding carboxylic acids is 1. The Bertz CT molecular complexity index is 727. The lowest BCUT2D eigenvalue weighted by molar-refractivity contribution is 0.0984. The number of amides is 1. The summed E-state index contributed by atoms with van der Waals surface area (Å²) in [6.45, 7) is 5.50. The van der Waals surface area contributed by atoms with Gasteiger partial charge in [-0.25, -0.2) is 0 Å². The summed E-state index contributed by atoms with van der Waals surface area (Å²) in [4.78, 5) is 14.9. The maximum Gasteiger partial charge on any atom is 0.262 e. The van der Waals surface area contributed by atoms with E-state index in [0.717, 1.165) is 16.6 Å². The average molecular weight is 374 g/mol. The minimum absolute atomic E-state index is 0.00462. The molecule has 1 aliphatic heterocycles. The summed E-state index contributed by atoms with van der Waals surface area (Å²) in [6.07, 6.45) is 0.901. The van der Waals surface area contributed by atoms with Crippen LogP contribution in [-0.4, -0.2) is 19.1 Å². The van der Waals surface area contributed by atoms with Gasteiger partial charge < -0.3 is 9.64 Å². The number of nitrogens with zero attached hydrogens (tertiary/aromatic N) is 1. The topological polar surface area (TPSA) is 29.5 Å². The number of rotatable bonds is 4. The van der Waals surface area contributed by atoms with E-state index in [-0.39, 0.29) is 5.91 Å². The number of anilines is 1. The minimum Gasteiger partial charge on any atom is -0.492 e. The molecule has 1 amide bonds. The Labute approximate surface area is 145 Å². The van der Waals surface area contributed by atoms with Gasteiger partial charge in [0.15, 0.2) is 0 Å². The van der Waals surface area contributed by atoms with E-state index >= 15 is 0 Å². The molecule has 1 aliphatic rings. The van der Waals surface area contributed by atoms with E-state index in [9.17, 15) is 4.79 Å². The summed E-state index contributed by atoms with van der Waals surface area (Å²) in [7, 11) is 0.